The smallest absolute Gasteiger partial charge is 0.153 e. The average Bonchev–Trinajstić information content (AvgIpc) is 3.03. The molecule has 0 atom stereocenters. The molecule has 0 aromatic carbocycles. The molecule has 0 radical (unpaired) electrons. The Morgan fingerprint density at radius 3 is 2.87 bits per heavy atom. The summed E-state index contributed by atoms with van der Waals surface area (Å²) >= 11 is 1.81. The summed E-state index contributed by atoms with van der Waals surface area (Å²) in [5, 5.41) is 5.76. The molecule has 23 heavy (non-hydrogen) atoms. The summed E-state index contributed by atoms with van der Waals surface area (Å²) < 4.78 is 1.83. The highest BCUT2D eigenvalue weighted by Gasteiger charge is 2.31. The Morgan fingerprint density at radius 2 is 2.13 bits per heavy atom. The first-order chi connectivity index (χ1) is 11.1. The Balaban J connectivity index is 1.39. The molecule has 1 saturated heterocycles. The first-order valence-corrected chi connectivity index (χ1v) is 8.60. The van der Waals surface area contributed by atoms with Crippen molar-refractivity contribution < 1.29 is 0 Å². The van der Waals surface area contributed by atoms with Crippen LogP contribution in [0, 0.1) is 13.8 Å². The fraction of sp³-hybridized carbons (Fsp3) is 0.438. The van der Waals surface area contributed by atoms with Crippen LogP contribution in [0.25, 0.3) is 5.65 Å². The molecule has 3 aromatic heterocycles. The molecule has 1 fully saturated rings. The number of imidazole rings is 1. The Hall–Kier alpha value is -1.99. The van der Waals surface area contributed by atoms with Gasteiger partial charge in [-0.05, 0) is 33.0 Å². The van der Waals surface area contributed by atoms with E-state index in [1.807, 2.05) is 16.8 Å². The molecule has 0 saturated carbocycles. The second-order valence-electron chi connectivity index (χ2n) is 6.14. The van der Waals surface area contributed by atoms with Gasteiger partial charge in [-0.2, -0.15) is 0 Å². The number of anilines is 1. The number of nitrogens with zero attached hydrogens (tertiary/aromatic N) is 6. The molecule has 0 spiro atoms. The van der Waals surface area contributed by atoms with Crippen molar-refractivity contribution in [2.24, 2.45) is 0 Å². The van der Waals surface area contributed by atoms with Crippen molar-refractivity contribution >= 4 is 22.8 Å². The number of fused-ring (bicyclic) bond motifs is 1. The van der Waals surface area contributed by atoms with Crippen LogP contribution >= 0.6 is 11.3 Å². The van der Waals surface area contributed by atoms with Crippen LogP contribution in [-0.2, 0) is 6.54 Å². The quantitative estimate of drug-likeness (QED) is 0.734. The van der Waals surface area contributed by atoms with Gasteiger partial charge in [-0.1, -0.05) is 0 Å². The standard InChI is InChI=1S/C16H20N6S/c1-11-14(23-12(2)18-11)10-20(3)13-8-21(9-13)16-5-4-15-17-6-7-22(15)19-16/h4-7,13H,8-10H2,1-3H3. The summed E-state index contributed by atoms with van der Waals surface area (Å²) in [5.74, 6) is 1.02. The lowest BCUT2D eigenvalue weighted by molar-refractivity contribution is 0.197. The van der Waals surface area contributed by atoms with Crippen LogP contribution in [0.4, 0.5) is 5.82 Å². The van der Waals surface area contributed by atoms with Gasteiger partial charge in [-0.15, -0.1) is 16.4 Å². The maximum absolute atomic E-state index is 4.61. The molecule has 0 N–H and O–H groups in total. The van der Waals surface area contributed by atoms with Gasteiger partial charge in [0.05, 0.1) is 10.7 Å². The predicted octanol–water partition coefficient (Wildman–Crippen LogP) is 2.12. The van der Waals surface area contributed by atoms with Crippen molar-refractivity contribution in [3.63, 3.8) is 0 Å². The fourth-order valence-electron chi connectivity index (χ4n) is 2.97. The van der Waals surface area contributed by atoms with E-state index in [-0.39, 0.29) is 0 Å². The van der Waals surface area contributed by atoms with Crippen molar-refractivity contribution in [2.45, 2.75) is 26.4 Å². The van der Waals surface area contributed by atoms with Crippen LogP contribution in [0.15, 0.2) is 24.5 Å². The molecule has 0 bridgehead atoms. The summed E-state index contributed by atoms with van der Waals surface area (Å²) in [6.07, 6.45) is 3.66. The van der Waals surface area contributed by atoms with Crippen LogP contribution in [0.5, 0.6) is 0 Å². The molecule has 0 amide bonds. The lowest BCUT2D eigenvalue weighted by Crippen LogP contribution is -2.58. The maximum atomic E-state index is 4.61. The average molecular weight is 328 g/mol. The number of hydrogen-bond acceptors (Lipinski definition) is 6. The number of aryl methyl sites for hydroxylation is 2. The summed E-state index contributed by atoms with van der Waals surface area (Å²) in [6.45, 7) is 7.18. The first kappa shape index (κ1) is 14.6. The van der Waals surface area contributed by atoms with Crippen molar-refractivity contribution in [1.29, 1.82) is 0 Å². The zero-order valence-corrected chi connectivity index (χ0v) is 14.4. The lowest BCUT2D eigenvalue weighted by Gasteiger charge is -2.44. The minimum Gasteiger partial charge on any atom is -0.352 e. The third-order valence-corrected chi connectivity index (χ3v) is 5.50. The van der Waals surface area contributed by atoms with Crippen LogP contribution in [-0.4, -0.2) is 50.7 Å². The molecule has 4 rings (SSSR count). The molecule has 6 nitrogen and oxygen atoms in total. The van der Waals surface area contributed by atoms with Gasteiger partial charge in [0.25, 0.3) is 0 Å². The van der Waals surface area contributed by atoms with E-state index in [9.17, 15) is 0 Å². The van der Waals surface area contributed by atoms with Crippen molar-refractivity contribution in [3.8, 4) is 0 Å². The van der Waals surface area contributed by atoms with E-state index >= 15 is 0 Å². The topological polar surface area (TPSA) is 49.6 Å². The molecule has 0 aliphatic carbocycles. The van der Waals surface area contributed by atoms with Crippen LogP contribution in [0.2, 0.25) is 0 Å². The Kier molecular flexibility index (Phi) is 3.54. The molecular formula is C16H20N6S. The number of likely N-dealkylation sites (N-methyl/N-ethyl adjacent to an activating group) is 1. The molecule has 7 heteroatoms. The Morgan fingerprint density at radius 1 is 1.30 bits per heavy atom. The van der Waals surface area contributed by atoms with Crippen LogP contribution in [0.1, 0.15) is 15.6 Å². The lowest BCUT2D eigenvalue weighted by atomic mass is 10.1. The van der Waals surface area contributed by atoms with Gasteiger partial charge in [-0.3, -0.25) is 4.90 Å². The SMILES string of the molecule is Cc1nc(C)c(CN(C)C2CN(c3ccc4nccn4n3)C2)s1. The molecule has 120 valence electrons. The van der Waals surface area contributed by atoms with Crippen molar-refractivity contribution in [3.05, 3.63) is 40.1 Å². The molecule has 3 aromatic rings. The zero-order valence-electron chi connectivity index (χ0n) is 13.6. The number of rotatable bonds is 4. The maximum Gasteiger partial charge on any atom is 0.153 e. The second kappa shape index (κ2) is 5.58. The Labute approximate surface area is 139 Å². The fourth-order valence-corrected chi connectivity index (χ4v) is 3.97. The predicted molar refractivity (Wildman–Crippen MR) is 92.0 cm³/mol. The first-order valence-electron chi connectivity index (χ1n) is 7.78. The molecular weight excluding hydrogens is 308 g/mol. The monoisotopic (exact) mass is 328 g/mol. The summed E-state index contributed by atoms with van der Waals surface area (Å²) in [4.78, 5) is 14.9. The second-order valence-corrected chi connectivity index (χ2v) is 7.42. The third-order valence-electron chi connectivity index (χ3n) is 4.44. The zero-order chi connectivity index (χ0) is 16.0. The largest absolute Gasteiger partial charge is 0.352 e. The highest BCUT2D eigenvalue weighted by molar-refractivity contribution is 7.11. The number of thiazole rings is 1. The summed E-state index contributed by atoms with van der Waals surface area (Å²) in [7, 11) is 2.20. The normalized spacial score (nSPS) is 15.6. The van der Waals surface area contributed by atoms with Crippen LogP contribution < -0.4 is 4.90 Å². The van der Waals surface area contributed by atoms with Gasteiger partial charge < -0.3 is 4.90 Å². The van der Waals surface area contributed by atoms with Gasteiger partial charge in [0.1, 0.15) is 5.82 Å². The Bertz CT molecular complexity index is 832. The van der Waals surface area contributed by atoms with E-state index in [1.165, 1.54) is 10.6 Å². The molecule has 1 aliphatic rings. The summed E-state index contributed by atoms with van der Waals surface area (Å²) in [5.41, 5.74) is 2.06. The highest BCUT2D eigenvalue weighted by atomic mass is 32.1. The van der Waals surface area contributed by atoms with E-state index in [0.29, 0.717) is 6.04 Å². The molecule has 0 unspecified atom stereocenters. The highest BCUT2D eigenvalue weighted by Crippen LogP contribution is 2.24. The van der Waals surface area contributed by atoms with Gasteiger partial charge in [0, 0.05) is 42.9 Å². The van der Waals surface area contributed by atoms with Gasteiger partial charge in [0.2, 0.25) is 0 Å². The molecule has 1 aliphatic heterocycles. The van der Waals surface area contributed by atoms with Gasteiger partial charge in [-0.25, -0.2) is 14.5 Å². The van der Waals surface area contributed by atoms with E-state index in [4.69, 9.17) is 0 Å². The minimum atomic E-state index is 0.567. The van der Waals surface area contributed by atoms with E-state index in [0.717, 1.165) is 36.1 Å². The van der Waals surface area contributed by atoms with Crippen molar-refractivity contribution in [1.82, 2.24) is 24.5 Å². The summed E-state index contributed by atoms with van der Waals surface area (Å²) in [6, 6.07) is 4.63. The van der Waals surface area contributed by atoms with Gasteiger partial charge in [0.15, 0.2) is 5.65 Å². The molecule has 4 heterocycles. The van der Waals surface area contributed by atoms with Crippen LogP contribution in [0.3, 0.4) is 0 Å². The van der Waals surface area contributed by atoms with Crippen molar-refractivity contribution in [2.75, 3.05) is 25.0 Å². The van der Waals surface area contributed by atoms with E-state index < -0.39 is 0 Å². The van der Waals surface area contributed by atoms with E-state index in [2.05, 4.69) is 51.8 Å². The number of aromatic nitrogens is 4. The third kappa shape index (κ3) is 2.70. The minimum absolute atomic E-state index is 0.567. The number of hydrogen-bond donors (Lipinski definition) is 0. The van der Waals surface area contributed by atoms with Gasteiger partial charge >= 0.3 is 0 Å². The van der Waals surface area contributed by atoms with E-state index in [1.54, 1.807) is 17.5 Å².